The van der Waals surface area contributed by atoms with Gasteiger partial charge in [0.2, 0.25) is 0 Å². The summed E-state index contributed by atoms with van der Waals surface area (Å²) in [5.74, 6) is -0.925. The van der Waals surface area contributed by atoms with Gasteiger partial charge in [-0.15, -0.1) is 11.3 Å². The molecule has 3 fully saturated rings. The number of hydrogen-bond donors (Lipinski definition) is 3. The van der Waals surface area contributed by atoms with Crippen molar-refractivity contribution in [2.75, 3.05) is 6.61 Å². The first-order chi connectivity index (χ1) is 14.7. The average Bonchev–Trinajstić information content (AvgIpc) is 3.17. The third-order valence-electron chi connectivity index (χ3n) is 6.30. The summed E-state index contributed by atoms with van der Waals surface area (Å²) in [6, 6.07) is 5.82. The van der Waals surface area contributed by atoms with E-state index >= 15 is 0 Å². The molecule has 5 rings (SSSR count). The number of rotatable bonds is 6. The lowest BCUT2D eigenvalue weighted by atomic mass is 9.60. The number of ether oxygens (including phenoxy) is 1. The summed E-state index contributed by atoms with van der Waals surface area (Å²) in [5.41, 5.74) is -0.152. The van der Waals surface area contributed by atoms with Crippen molar-refractivity contribution < 1.29 is 23.8 Å². The quantitative estimate of drug-likeness (QED) is 0.607. The van der Waals surface area contributed by atoms with Gasteiger partial charge in [-0.25, -0.2) is 4.39 Å². The van der Waals surface area contributed by atoms with Crippen molar-refractivity contribution in [3.8, 4) is 5.75 Å². The summed E-state index contributed by atoms with van der Waals surface area (Å²) < 4.78 is 18.9. The monoisotopic (exact) mass is 466 g/mol. The fraction of sp³-hybridized carbons (Fsp3) is 0.455. The van der Waals surface area contributed by atoms with Crippen LogP contribution >= 0.6 is 22.9 Å². The maximum absolute atomic E-state index is 13.5. The molecule has 31 heavy (non-hydrogen) atoms. The first-order valence-corrected chi connectivity index (χ1v) is 11.4. The van der Waals surface area contributed by atoms with Crippen molar-refractivity contribution in [3.05, 3.63) is 50.9 Å². The zero-order chi connectivity index (χ0) is 22.2. The minimum Gasteiger partial charge on any atom is -0.484 e. The van der Waals surface area contributed by atoms with Gasteiger partial charge >= 0.3 is 0 Å². The molecule has 9 heteroatoms. The molecule has 1 aromatic carbocycles. The fourth-order valence-corrected chi connectivity index (χ4v) is 5.45. The molecule has 166 valence electrons. The van der Waals surface area contributed by atoms with E-state index < -0.39 is 23.0 Å². The van der Waals surface area contributed by atoms with E-state index in [-0.39, 0.29) is 29.2 Å². The van der Waals surface area contributed by atoms with Gasteiger partial charge in [0, 0.05) is 11.6 Å². The number of aryl methyl sites for hydroxylation is 1. The number of thiophene rings is 1. The first kappa shape index (κ1) is 22.0. The second kappa shape index (κ2) is 8.41. The average molecular weight is 467 g/mol. The summed E-state index contributed by atoms with van der Waals surface area (Å²) >= 11 is 7.05. The Labute approximate surface area is 188 Å². The molecule has 6 nitrogen and oxygen atoms in total. The third kappa shape index (κ3) is 4.56. The molecule has 3 saturated carbocycles. The molecule has 2 amide bonds. The van der Waals surface area contributed by atoms with Crippen molar-refractivity contribution in [3.63, 3.8) is 0 Å². The van der Waals surface area contributed by atoms with Crippen molar-refractivity contribution in [1.29, 1.82) is 0 Å². The number of halogens is 2. The molecule has 1 aromatic heterocycles. The van der Waals surface area contributed by atoms with E-state index in [0.29, 0.717) is 37.0 Å². The molecule has 2 aromatic rings. The van der Waals surface area contributed by atoms with Crippen LogP contribution in [0.25, 0.3) is 0 Å². The van der Waals surface area contributed by atoms with E-state index in [1.165, 1.54) is 23.5 Å². The van der Waals surface area contributed by atoms with Crippen molar-refractivity contribution >= 4 is 34.8 Å². The number of aliphatic hydroxyl groups is 1. The summed E-state index contributed by atoms with van der Waals surface area (Å²) in [5, 5.41) is 18.8. The van der Waals surface area contributed by atoms with E-state index in [1.54, 1.807) is 0 Å². The number of carbonyl (C=O) groups excluding carboxylic acids is 2. The van der Waals surface area contributed by atoms with Gasteiger partial charge in [-0.2, -0.15) is 0 Å². The Hall–Kier alpha value is -2.16. The van der Waals surface area contributed by atoms with Gasteiger partial charge in [0.15, 0.2) is 6.61 Å². The van der Waals surface area contributed by atoms with Crippen LogP contribution in [-0.4, -0.2) is 40.7 Å². The minimum absolute atomic E-state index is 0.0204. The highest BCUT2D eigenvalue weighted by Crippen LogP contribution is 2.47. The Morgan fingerprint density at radius 3 is 2.61 bits per heavy atom. The Kier molecular flexibility index (Phi) is 5.98. The maximum atomic E-state index is 13.5. The Bertz CT molecular complexity index is 1000. The molecule has 1 heterocycles. The van der Waals surface area contributed by atoms with E-state index in [2.05, 4.69) is 10.6 Å². The summed E-state index contributed by atoms with van der Waals surface area (Å²) in [6.07, 6.45) is 2.05. The summed E-state index contributed by atoms with van der Waals surface area (Å²) in [4.78, 5) is 25.8. The molecule has 0 aliphatic heterocycles. The Morgan fingerprint density at radius 1 is 1.26 bits per heavy atom. The molecule has 3 aliphatic carbocycles. The maximum Gasteiger partial charge on any atom is 0.261 e. The Morgan fingerprint density at radius 2 is 2.00 bits per heavy atom. The number of fused-ring (bicyclic) bond motifs is 3. The Balaban J connectivity index is 1.34. The van der Waals surface area contributed by atoms with Crippen LogP contribution in [0.15, 0.2) is 29.6 Å². The molecule has 0 spiro atoms. The lowest BCUT2D eigenvalue weighted by Crippen LogP contribution is -2.70. The second-order valence-corrected chi connectivity index (χ2v) is 9.83. The van der Waals surface area contributed by atoms with Gasteiger partial charge < -0.3 is 20.5 Å². The van der Waals surface area contributed by atoms with Crippen LogP contribution in [0.3, 0.4) is 0 Å². The predicted octanol–water partition coefficient (Wildman–Crippen LogP) is 3.59. The van der Waals surface area contributed by atoms with Crippen LogP contribution in [0.2, 0.25) is 5.02 Å². The summed E-state index contributed by atoms with van der Waals surface area (Å²) in [6.45, 7) is 1.65. The zero-order valence-corrected chi connectivity index (χ0v) is 18.6. The van der Waals surface area contributed by atoms with Gasteiger partial charge in [0.1, 0.15) is 11.6 Å². The molecule has 0 saturated heterocycles. The number of benzene rings is 1. The molecule has 1 atom stereocenters. The smallest absolute Gasteiger partial charge is 0.261 e. The van der Waals surface area contributed by atoms with Gasteiger partial charge in [0.25, 0.3) is 11.8 Å². The lowest BCUT2D eigenvalue weighted by Gasteiger charge is -2.56. The van der Waals surface area contributed by atoms with Crippen LogP contribution in [-0.2, 0) is 4.79 Å². The van der Waals surface area contributed by atoms with E-state index in [1.807, 2.05) is 18.4 Å². The fourth-order valence-electron chi connectivity index (χ4n) is 4.54. The van der Waals surface area contributed by atoms with Crippen LogP contribution in [0, 0.1) is 12.7 Å². The van der Waals surface area contributed by atoms with Gasteiger partial charge in [-0.3, -0.25) is 9.59 Å². The SMILES string of the molecule is Cc1csc(C(=O)NC23CCC(NC(=O)COc4ccc(Cl)c(F)c4)(CC2)[C@@H](O)C3)c1. The number of amides is 2. The largest absolute Gasteiger partial charge is 0.484 e. The number of carbonyl (C=O) groups is 2. The molecule has 0 radical (unpaired) electrons. The normalized spacial score (nSPS) is 27.0. The van der Waals surface area contributed by atoms with Crippen LogP contribution in [0.1, 0.15) is 47.3 Å². The highest BCUT2D eigenvalue weighted by molar-refractivity contribution is 7.12. The molecule has 2 bridgehead atoms. The van der Waals surface area contributed by atoms with E-state index in [0.717, 1.165) is 11.6 Å². The topological polar surface area (TPSA) is 87.7 Å². The standard InChI is InChI=1S/C22H24ClFN2O4S/c1-13-8-17(31-12-13)20(29)26-21-4-6-22(7-5-21,18(27)10-21)25-19(28)11-30-14-2-3-15(23)16(24)9-14/h2-3,8-9,12,18,27H,4-7,10-11H2,1H3,(H,25,28)(H,26,29)/t18-,21?,22?/m0/s1. The van der Waals surface area contributed by atoms with Crippen molar-refractivity contribution in [2.24, 2.45) is 0 Å². The zero-order valence-electron chi connectivity index (χ0n) is 17.0. The highest BCUT2D eigenvalue weighted by Gasteiger charge is 2.55. The van der Waals surface area contributed by atoms with E-state index in [9.17, 15) is 19.1 Å². The lowest BCUT2D eigenvalue weighted by molar-refractivity contribution is -0.132. The summed E-state index contributed by atoms with van der Waals surface area (Å²) in [7, 11) is 0. The molecular weight excluding hydrogens is 443 g/mol. The van der Waals surface area contributed by atoms with Gasteiger partial charge in [0.05, 0.1) is 21.5 Å². The van der Waals surface area contributed by atoms with Crippen LogP contribution in [0.4, 0.5) is 4.39 Å². The first-order valence-electron chi connectivity index (χ1n) is 10.1. The van der Waals surface area contributed by atoms with Gasteiger partial charge in [-0.05, 0) is 68.2 Å². The van der Waals surface area contributed by atoms with Gasteiger partial charge in [-0.1, -0.05) is 11.6 Å². The molecular formula is C22H24ClFN2O4S. The minimum atomic E-state index is -0.780. The number of nitrogens with one attached hydrogen (secondary N) is 2. The van der Waals surface area contributed by atoms with Crippen molar-refractivity contribution in [2.45, 2.75) is 56.2 Å². The van der Waals surface area contributed by atoms with Crippen LogP contribution in [0.5, 0.6) is 5.75 Å². The second-order valence-electron chi connectivity index (χ2n) is 8.51. The van der Waals surface area contributed by atoms with Crippen LogP contribution < -0.4 is 15.4 Å². The predicted molar refractivity (Wildman–Crippen MR) is 116 cm³/mol. The third-order valence-corrected chi connectivity index (χ3v) is 7.66. The van der Waals surface area contributed by atoms with E-state index in [4.69, 9.17) is 16.3 Å². The number of aliphatic hydroxyl groups excluding tert-OH is 1. The molecule has 0 unspecified atom stereocenters. The number of hydrogen-bond acceptors (Lipinski definition) is 5. The van der Waals surface area contributed by atoms with Crippen molar-refractivity contribution in [1.82, 2.24) is 10.6 Å². The highest BCUT2D eigenvalue weighted by atomic mass is 35.5. The molecule has 3 N–H and O–H groups in total. The molecule has 3 aliphatic rings.